The van der Waals surface area contributed by atoms with Crippen molar-refractivity contribution in [3.63, 3.8) is 0 Å². The minimum absolute atomic E-state index is 0.673. The lowest BCUT2D eigenvalue weighted by Crippen LogP contribution is -2.29. The van der Waals surface area contributed by atoms with Gasteiger partial charge < -0.3 is 14.4 Å². The molecule has 3 rings (SSSR count). The molecule has 118 valence electrons. The Morgan fingerprint density at radius 2 is 1.52 bits per heavy atom. The van der Waals surface area contributed by atoms with Gasteiger partial charge in [0.2, 0.25) is 0 Å². The van der Waals surface area contributed by atoms with E-state index in [1.54, 1.807) is 14.2 Å². The van der Waals surface area contributed by atoms with Crippen molar-refractivity contribution in [3.05, 3.63) is 59.7 Å². The number of hydrogen-bond donors (Lipinski definition) is 0. The Morgan fingerprint density at radius 3 is 2.13 bits per heavy atom. The highest BCUT2D eigenvalue weighted by Gasteiger charge is 2.11. The second kappa shape index (κ2) is 7.01. The van der Waals surface area contributed by atoms with Gasteiger partial charge in [-0.2, -0.15) is 0 Å². The second-order valence-corrected chi connectivity index (χ2v) is 5.34. The van der Waals surface area contributed by atoms with E-state index in [-0.39, 0.29) is 0 Å². The van der Waals surface area contributed by atoms with E-state index in [0.717, 1.165) is 29.3 Å². The van der Waals surface area contributed by atoms with Crippen molar-refractivity contribution >= 4 is 18.0 Å². The molecule has 4 nitrogen and oxygen atoms in total. The minimum atomic E-state index is 0.673. The summed E-state index contributed by atoms with van der Waals surface area (Å²) in [6, 6.07) is 16.1. The van der Waals surface area contributed by atoms with Gasteiger partial charge >= 0.3 is 0 Å². The summed E-state index contributed by atoms with van der Waals surface area (Å²) in [4.78, 5) is 6.70. The van der Waals surface area contributed by atoms with Crippen molar-refractivity contribution in [3.8, 4) is 11.5 Å². The summed E-state index contributed by atoms with van der Waals surface area (Å²) >= 11 is 0. The van der Waals surface area contributed by atoms with Crippen molar-refractivity contribution in [2.45, 2.75) is 0 Å². The van der Waals surface area contributed by atoms with E-state index in [1.165, 1.54) is 5.57 Å². The van der Waals surface area contributed by atoms with E-state index in [2.05, 4.69) is 28.1 Å². The quantitative estimate of drug-likeness (QED) is 0.865. The van der Waals surface area contributed by atoms with E-state index < -0.39 is 0 Å². The largest absolute Gasteiger partial charge is 0.497 e. The first-order valence-corrected chi connectivity index (χ1v) is 7.52. The van der Waals surface area contributed by atoms with Crippen LogP contribution in [0.3, 0.4) is 0 Å². The van der Waals surface area contributed by atoms with Gasteiger partial charge in [0.05, 0.1) is 14.2 Å². The van der Waals surface area contributed by atoms with Gasteiger partial charge in [-0.1, -0.05) is 12.1 Å². The van der Waals surface area contributed by atoms with Gasteiger partial charge in [0.1, 0.15) is 18.2 Å². The smallest absolute Gasteiger partial charge is 0.119 e. The molecule has 0 N–H and O–H groups in total. The third-order valence-corrected chi connectivity index (χ3v) is 3.79. The number of rotatable bonds is 4. The molecule has 0 saturated heterocycles. The molecule has 0 fully saturated rings. The van der Waals surface area contributed by atoms with Crippen molar-refractivity contribution in [2.24, 2.45) is 4.99 Å². The summed E-state index contributed by atoms with van der Waals surface area (Å²) in [6.45, 7) is 1.51. The first-order valence-electron chi connectivity index (χ1n) is 7.52. The molecule has 0 bridgehead atoms. The number of methoxy groups -OCH3 is 2. The Kier molecular flexibility index (Phi) is 4.62. The minimum Gasteiger partial charge on any atom is -0.497 e. The van der Waals surface area contributed by atoms with Crippen LogP contribution in [0.1, 0.15) is 5.56 Å². The van der Waals surface area contributed by atoms with Gasteiger partial charge in [-0.25, -0.2) is 0 Å². The van der Waals surface area contributed by atoms with Crippen molar-refractivity contribution in [1.82, 2.24) is 0 Å². The van der Waals surface area contributed by atoms with Crippen LogP contribution in [-0.2, 0) is 0 Å². The Morgan fingerprint density at radius 1 is 0.913 bits per heavy atom. The summed E-state index contributed by atoms with van der Waals surface area (Å²) in [7, 11) is 3.35. The van der Waals surface area contributed by atoms with E-state index in [1.807, 2.05) is 42.6 Å². The van der Waals surface area contributed by atoms with Crippen molar-refractivity contribution in [2.75, 3.05) is 32.3 Å². The van der Waals surface area contributed by atoms with Crippen LogP contribution in [0.5, 0.6) is 11.5 Å². The highest BCUT2D eigenvalue weighted by atomic mass is 16.5. The molecule has 2 aromatic rings. The second-order valence-electron chi connectivity index (χ2n) is 5.34. The summed E-state index contributed by atoms with van der Waals surface area (Å²) in [5, 5.41) is 0. The summed E-state index contributed by atoms with van der Waals surface area (Å²) in [6.07, 6.45) is 4.10. The van der Waals surface area contributed by atoms with Crippen LogP contribution in [0.15, 0.2) is 59.1 Å². The lowest BCUT2D eigenvalue weighted by atomic mass is 10.1. The molecular weight excluding hydrogens is 288 g/mol. The predicted molar refractivity (Wildman–Crippen MR) is 94.7 cm³/mol. The molecule has 2 aromatic carbocycles. The Bertz CT molecular complexity index is 703. The molecule has 0 atom stereocenters. The molecule has 0 unspecified atom stereocenters. The van der Waals surface area contributed by atoms with Gasteiger partial charge in [0.25, 0.3) is 0 Å². The SMILES string of the molecule is COc1ccc(/C=C2/C=NCN(c3ccc(OC)cc3)C2)cc1. The number of benzene rings is 2. The number of aliphatic imine (C=N–C) groups is 1. The van der Waals surface area contributed by atoms with Crippen molar-refractivity contribution in [1.29, 1.82) is 0 Å². The van der Waals surface area contributed by atoms with Gasteiger partial charge in [0, 0.05) is 18.4 Å². The molecule has 23 heavy (non-hydrogen) atoms. The summed E-state index contributed by atoms with van der Waals surface area (Å²) in [5.74, 6) is 1.73. The maximum absolute atomic E-state index is 5.21. The molecule has 0 amide bonds. The number of ether oxygens (including phenoxy) is 2. The van der Waals surface area contributed by atoms with Crippen LogP contribution in [-0.4, -0.2) is 33.6 Å². The van der Waals surface area contributed by atoms with Gasteiger partial charge in [-0.15, -0.1) is 0 Å². The molecule has 0 saturated carbocycles. The summed E-state index contributed by atoms with van der Waals surface area (Å²) in [5.41, 5.74) is 3.46. The fourth-order valence-electron chi connectivity index (χ4n) is 2.53. The van der Waals surface area contributed by atoms with Gasteiger partial charge in [0.15, 0.2) is 0 Å². The molecule has 1 aliphatic rings. The Balaban J connectivity index is 1.75. The number of nitrogens with zero attached hydrogens (tertiary/aromatic N) is 2. The molecule has 0 aromatic heterocycles. The maximum Gasteiger partial charge on any atom is 0.119 e. The van der Waals surface area contributed by atoms with E-state index in [0.29, 0.717) is 6.67 Å². The fourth-order valence-corrected chi connectivity index (χ4v) is 2.53. The summed E-state index contributed by atoms with van der Waals surface area (Å²) < 4.78 is 10.4. The van der Waals surface area contributed by atoms with Crippen LogP contribution in [0, 0.1) is 0 Å². The predicted octanol–water partition coefficient (Wildman–Crippen LogP) is 3.64. The topological polar surface area (TPSA) is 34.1 Å². The molecule has 0 radical (unpaired) electrons. The third-order valence-electron chi connectivity index (χ3n) is 3.79. The standard InChI is InChI=1S/C19H20N2O2/c1-22-18-7-3-15(4-8-18)11-16-12-20-14-21(13-16)17-5-9-19(23-2)10-6-17/h3-12H,13-14H2,1-2H3/b16-11-. The van der Waals surface area contributed by atoms with E-state index in [4.69, 9.17) is 9.47 Å². The van der Waals surface area contributed by atoms with Crippen LogP contribution >= 0.6 is 0 Å². The molecule has 0 aliphatic carbocycles. The maximum atomic E-state index is 5.21. The third kappa shape index (κ3) is 3.72. The molecule has 1 heterocycles. The Hall–Kier alpha value is -2.75. The number of anilines is 1. The van der Waals surface area contributed by atoms with Crippen LogP contribution < -0.4 is 14.4 Å². The first kappa shape index (κ1) is 15.2. The number of hydrogen-bond acceptors (Lipinski definition) is 4. The zero-order valence-corrected chi connectivity index (χ0v) is 13.4. The molecule has 0 spiro atoms. The molecular formula is C19H20N2O2. The average Bonchev–Trinajstić information content (AvgIpc) is 2.63. The molecule has 1 aliphatic heterocycles. The lowest BCUT2D eigenvalue weighted by molar-refractivity contribution is 0.414. The Labute approximate surface area is 136 Å². The fraction of sp³-hybridized carbons (Fsp3) is 0.211. The van der Waals surface area contributed by atoms with Crippen LogP contribution in [0.4, 0.5) is 5.69 Å². The first-order chi connectivity index (χ1) is 11.3. The molecule has 4 heteroatoms. The van der Waals surface area contributed by atoms with E-state index in [9.17, 15) is 0 Å². The van der Waals surface area contributed by atoms with Gasteiger partial charge in [-0.05, 0) is 53.6 Å². The normalized spacial score (nSPS) is 15.7. The monoisotopic (exact) mass is 308 g/mol. The van der Waals surface area contributed by atoms with Crippen LogP contribution in [0.2, 0.25) is 0 Å². The van der Waals surface area contributed by atoms with Gasteiger partial charge in [-0.3, -0.25) is 4.99 Å². The average molecular weight is 308 g/mol. The highest BCUT2D eigenvalue weighted by Crippen LogP contribution is 2.22. The van der Waals surface area contributed by atoms with Crippen molar-refractivity contribution < 1.29 is 9.47 Å². The zero-order chi connectivity index (χ0) is 16.1. The van der Waals surface area contributed by atoms with E-state index >= 15 is 0 Å². The van der Waals surface area contributed by atoms with Crippen LogP contribution in [0.25, 0.3) is 6.08 Å². The highest BCUT2D eigenvalue weighted by molar-refractivity contribution is 5.88. The zero-order valence-electron chi connectivity index (χ0n) is 13.4. The lowest BCUT2D eigenvalue weighted by Gasteiger charge is -2.26.